The van der Waals surface area contributed by atoms with Crippen LogP contribution in [0.25, 0.3) is 0 Å². The van der Waals surface area contributed by atoms with Crippen molar-refractivity contribution in [3.63, 3.8) is 0 Å². The zero-order chi connectivity index (χ0) is 22.7. The van der Waals surface area contributed by atoms with Crippen LogP contribution >= 0.6 is 0 Å². The van der Waals surface area contributed by atoms with Crippen LogP contribution in [-0.4, -0.2) is 60.6 Å². The molecule has 0 aliphatic carbocycles. The third kappa shape index (κ3) is 4.81. The fraction of sp³-hybridized carbons (Fsp3) is 0.560. The molecule has 1 aromatic heterocycles. The van der Waals surface area contributed by atoms with Crippen molar-refractivity contribution >= 4 is 17.7 Å². The van der Waals surface area contributed by atoms with Gasteiger partial charge in [0.2, 0.25) is 11.9 Å². The molecule has 7 heteroatoms. The molecule has 1 amide bonds. The first-order valence-electron chi connectivity index (χ1n) is 11.7. The lowest BCUT2D eigenvalue weighted by Gasteiger charge is -2.35. The number of anilines is 2. The molecule has 0 radical (unpaired) electrons. The molecule has 0 N–H and O–H groups in total. The molecule has 2 aliphatic heterocycles. The predicted molar refractivity (Wildman–Crippen MR) is 127 cm³/mol. The van der Waals surface area contributed by atoms with E-state index in [0.29, 0.717) is 25.6 Å². The van der Waals surface area contributed by atoms with Gasteiger partial charge >= 0.3 is 0 Å². The van der Waals surface area contributed by atoms with Crippen molar-refractivity contribution < 1.29 is 9.53 Å². The normalized spacial score (nSPS) is 16.2. The third-order valence-corrected chi connectivity index (χ3v) is 6.62. The summed E-state index contributed by atoms with van der Waals surface area (Å²) in [6.45, 7) is 7.64. The van der Waals surface area contributed by atoms with Crippen LogP contribution in [-0.2, 0) is 24.2 Å². The highest BCUT2D eigenvalue weighted by Crippen LogP contribution is 2.30. The number of hydrogen-bond donors (Lipinski definition) is 0. The van der Waals surface area contributed by atoms with Gasteiger partial charge < -0.3 is 19.4 Å². The number of amides is 1. The summed E-state index contributed by atoms with van der Waals surface area (Å²) in [7, 11) is 3.73. The summed E-state index contributed by atoms with van der Waals surface area (Å²) in [5.41, 5.74) is 3.15. The van der Waals surface area contributed by atoms with Gasteiger partial charge in [0.25, 0.3) is 0 Å². The monoisotopic (exact) mass is 437 g/mol. The summed E-state index contributed by atoms with van der Waals surface area (Å²) in [4.78, 5) is 29.6. The van der Waals surface area contributed by atoms with Crippen LogP contribution in [0.1, 0.15) is 49.9 Å². The van der Waals surface area contributed by atoms with E-state index in [1.54, 1.807) is 7.11 Å². The van der Waals surface area contributed by atoms with Crippen molar-refractivity contribution in [1.82, 2.24) is 14.9 Å². The SMILES string of the molecule is COc1cccc(CC(=O)N2CCc3nc(N4CCCCC4)nc(N(C)C(C)C)c3C2)c1. The fourth-order valence-electron chi connectivity index (χ4n) is 4.44. The predicted octanol–water partition coefficient (Wildman–Crippen LogP) is 3.45. The highest BCUT2D eigenvalue weighted by atomic mass is 16.5. The van der Waals surface area contributed by atoms with Gasteiger partial charge in [-0.15, -0.1) is 0 Å². The minimum Gasteiger partial charge on any atom is -0.497 e. The number of carbonyl (C=O) groups is 1. The molecule has 2 aliphatic rings. The molecular weight excluding hydrogens is 402 g/mol. The standard InChI is InChI=1S/C25H35N5O2/c1-18(2)28(3)24-21-17-30(23(31)16-19-9-8-10-20(15-19)32-4)14-11-22(21)26-25(27-24)29-12-6-5-7-13-29/h8-10,15,18H,5-7,11-14,16-17H2,1-4H3. The number of benzene rings is 1. The number of methoxy groups -OCH3 is 1. The van der Waals surface area contributed by atoms with Gasteiger partial charge in [0.15, 0.2) is 0 Å². The largest absolute Gasteiger partial charge is 0.497 e. The van der Waals surface area contributed by atoms with Crippen molar-refractivity contribution in [3.8, 4) is 5.75 Å². The Morgan fingerprint density at radius 3 is 2.66 bits per heavy atom. The quantitative estimate of drug-likeness (QED) is 0.690. The lowest BCUT2D eigenvalue weighted by Crippen LogP contribution is -2.40. The van der Waals surface area contributed by atoms with Gasteiger partial charge in [-0.1, -0.05) is 12.1 Å². The van der Waals surface area contributed by atoms with Crippen molar-refractivity contribution in [2.75, 3.05) is 43.6 Å². The first kappa shape index (κ1) is 22.4. The van der Waals surface area contributed by atoms with E-state index in [9.17, 15) is 4.79 Å². The van der Waals surface area contributed by atoms with Crippen molar-refractivity contribution in [2.24, 2.45) is 0 Å². The zero-order valence-corrected chi connectivity index (χ0v) is 19.8. The topological polar surface area (TPSA) is 61.8 Å². The Kier molecular flexibility index (Phi) is 6.82. The maximum absolute atomic E-state index is 13.1. The highest BCUT2D eigenvalue weighted by molar-refractivity contribution is 5.79. The molecule has 0 bridgehead atoms. The zero-order valence-electron chi connectivity index (χ0n) is 19.8. The van der Waals surface area contributed by atoms with E-state index < -0.39 is 0 Å². The van der Waals surface area contributed by atoms with Crippen LogP contribution in [0.2, 0.25) is 0 Å². The molecule has 0 spiro atoms. The number of carbonyl (C=O) groups excluding carboxylic acids is 1. The number of ether oxygens (including phenoxy) is 1. The van der Waals surface area contributed by atoms with Crippen LogP contribution in [0.4, 0.5) is 11.8 Å². The van der Waals surface area contributed by atoms with E-state index in [2.05, 4.69) is 30.7 Å². The number of nitrogens with zero attached hydrogens (tertiary/aromatic N) is 5. The van der Waals surface area contributed by atoms with Crippen LogP contribution in [0, 0.1) is 0 Å². The van der Waals surface area contributed by atoms with Gasteiger partial charge in [-0.05, 0) is 50.8 Å². The molecule has 0 unspecified atom stereocenters. The van der Waals surface area contributed by atoms with E-state index in [0.717, 1.165) is 53.8 Å². The Morgan fingerprint density at radius 1 is 1.16 bits per heavy atom. The minimum atomic E-state index is 0.127. The Hall–Kier alpha value is -2.83. The molecule has 4 rings (SSSR count). The van der Waals surface area contributed by atoms with Crippen LogP contribution in [0.5, 0.6) is 5.75 Å². The second-order valence-electron chi connectivity index (χ2n) is 9.12. The molecule has 3 heterocycles. The molecule has 1 saturated heterocycles. The van der Waals surface area contributed by atoms with E-state index in [1.165, 1.54) is 19.3 Å². The lowest BCUT2D eigenvalue weighted by molar-refractivity contribution is -0.131. The van der Waals surface area contributed by atoms with Gasteiger partial charge in [-0.25, -0.2) is 4.98 Å². The average molecular weight is 438 g/mol. The molecule has 7 nitrogen and oxygen atoms in total. The van der Waals surface area contributed by atoms with Gasteiger partial charge in [-0.3, -0.25) is 4.79 Å². The Labute approximate surface area is 191 Å². The van der Waals surface area contributed by atoms with Crippen LogP contribution < -0.4 is 14.5 Å². The molecular formula is C25H35N5O2. The van der Waals surface area contributed by atoms with E-state index >= 15 is 0 Å². The number of fused-ring (bicyclic) bond motifs is 1. The summed E-state index contributed by atoms with van der Waals surface area (Å²) >= 11 is 0. The summed E-state index contributed by atoms with van der Waals surface area (Å²) in [6, 6.07) is 8.05. The van der Waals surface area contributed by atoms with Crippen LogP contribution in [0.15, 0.2) is 24.3 Å². The maximum atomic E-state index is 13.1. The molecule has 1 fully saturated rings. The molecule has 0 saturated carbocycles. The fourth-order valence-corrected chi connectivity index (χ4v) is 4.44. The smallest absolute Gasteiger partial charge is 0.227 e. The lowest BCUT2D eigenvalue weighted by atomic mass is 10.0. The Morgan fingerprint density at radius 2 is 1.94 bits per heavy atom. The first-order valence-corrected chi connectivity index (χ1v) is 11.7. The third-order valence-electron chi connectivity index (χ3n) is 6.62. The van der Waals surface area contributed by atoms with Crippen LogP contribution in [0.3, 0.4) is 0 Å². The summed E-state index contributed by atoms with van der Waals surface area (Å²) < 4.78 is 5.30. The molecule has 1 aromatic carbocycles. The van der Waals surface area contributed by atoms with E-state index in [1.807, 2.05) is 29.2 Å². The molecule has 32 heavy (non-hydrogen) atoms. The summed E-state index contributed by atoms with van der Waals surface area (Å²) in [5.74, 6) is 2.72. The minimum absolute atomic E-state index is 0.127. The number of aromatic nitrogens is 2. The van der Waals surface area contributed by atoms with Crippen molar-refractivity contribution in [3.05, 3.63) is 41.1 Å². The average Bonchev–Trinajstić information content (AvgIpc) is 2.83. The summed E-state index contributed by atoms with van der Waals surface area (Å²) in [5, 5.41) is 0. The van der Waals surface area contributed by atoms with Gasteiger partial charge in [0, 0.05) is 44.7 Å². The molecule has 172 valence electrons. The second kappa shape index (κ2) is 9.76. The summed E-state index contributed by atoms with van der Waals surface area (Å²) in [6.07, 6.45) is 4.81. The maximum Gasteiger partial charge on any atom is 0.227 e. The number of rotatable bonds is 6. The van der Waals surface area contributed by atoms with Crippen molar-refractivity contribution in [1.29, 1.82) is 0 Å². The van der Waals surface area contributed by atoms with E-state index in [-0.39, 0.29) is 5.91 Å². The van der Waals surface area contributed by atoms with Gasteiger partial charge in [0.05, 0.1) is 25.8 Å². The Balaban J connectivity index is 1.58. The molecule has 2 aromatic rings. The highest BCUT2D eigenvalue weighted by Gasteiger charge is 2.28. The van der Waals surface area contributed by atoms with Gasteiger partial charge in [-0.2, -0.15) is 4.98 Å². The number of piperidine rings is 1. The van der Waals surface area contributed by atoms with E-state index in [4.69, 9.17) is 14.7 Å². The van der Waals surface area contributed by atoms with Gasteiger partial charge in [0.1, 0.15) is 11.6 Å². The Bertz CT molecular complexity index is 955. The second-order valence-corrected chi connectivity index (χ2v) is 9.12. The first-order chi connectivity index (χ1) is 15.5. The number of hydrogen-bond acceptors (Lipinski definition) is 6. The van der Waals surface area contributed by atoms with Crippen molar-refractivity contribution in [2.45, 2.75) is 58.5 Å². The molecule has 0 atom stereocenters.